The Hall–Kier alpha value is -5.48. The Morgan fingerprint density at radius 3 is 2.27 bits per heavy atom. The minimum Gasteiger partial charge on any atom is -0.508 e. The average molecular weight is 747 g/mol. The maximum Gasteiger partial charge on any atom is 0.200 e. The molecule has 10 nitrogen and oxygen atoms in total. The number of benzene rings is 4. The largest absolute Gasteiger partial charge is 0.508 e. The molecule has 4 aromatic carbocycles. The van der Waals surface area contributed by atoms with Crippen LogP contribution in [0.15, 0.2) is 85.1 Å². The minimum absolute atomic E-state index is 0.0370. The molecule has 2 aliphatic carbocycles. The predicted molar refractivity (Wildman–Crippen MR) is 212 cm³/mol. The first-order valence-electron chi connectivity index (χ1n) is 19.2. The van der Waals surface area contributed by atoms with Crippen molar-refractivity contribution in [3.05, 3.63) is 102 Å². The molecule has 10 heteroatoms. The van der Waals surface area contributed by atoms with Gasteiger partial charge in [-0.3, -0.25) is 4.79 Å². The van der Waals surface area contributed by atoms with Crippen LogP contribution in [0.25, 0.3) is 10.8 Å². The summed E-state index contributed by atoms with van der Waals surface area (Å²) in [5, 5.41) is 58.7. The van der Waals surface area contributed by atoms with E-state index in [1.54, 1.807) is 36.5 Å². The quantitative estimate of drug-likeness (QED) is 0.0607. The molecule has 3 unspecified atom stereocenters. The normalized spacial score (nSPS) is 18.7. The zero-order chi connectivity index (χ0) is 38.7. The van der Waals surface area contributed by atoms with Crippen molar-refractivity contribution in [3.8, 4) is 34.5 Å². The molecule has 7 rings (SSSR count). The van der Waals surface area contributed by atoms with E-state index < -0.39 is 17.4 Å². The van der Waals surface area contributed by atoms with Gasteiger partial charge in [0.05, 0.1) is 26.2 Å². The van der Waals surface area contributed by atoms with Gasteiger partial charge >= 0.3 is 0 Å². The Morgan fingerprint density at radius 2 is 1.49 bits per heavy atom. The summed E-state index contributed by atoms with van der Waals surface area (Å²) in [5.41, 5.74) is 2.47. The highest BCUT2D eigenvalue weighted by Gasteiger charge is 2.62. The molecule has 0 saturated heterocycles. The van der Waals surface area contributed by atoms with Crippen LogP contribution in [0.3, 0.4) is 0 Å². The minimum atomic E-state index is -0.993. The lowest BCUT2D eigenvalue weighted by Crippen LogP contribution is -2.53. The zero-order valence-corrected chi connectivity index (χ0v) is 31.4. The summed E-state index contributed by atoms with van der Waals surface area (Å²) in [6.07, 6.45) is 8.66. The summed E-state index contributed by atoms with van der Waals surface area (Å²) in [7, 11) is 2.91. The molecule has 6 N–H and O–H groups in total. The number of nitrogens with one attached hydrogen (secondary N) is 1. The van der Waals surface area contributed by atoms with Gasteiger partial charge in [0.25, 0.3) is 0 Å². The van der Waals surface area contributed by atoms with Crippen molar-refractivity contribution in [1.82, 2.24) is 4.98 Å². The fourth-order valence-corrected chi connectivity index (χ4v) is 9.84. The van der Waals surface area contributed by atoms with E-state index in [4.69, 9.17) is 14.5 Å². The highest BCUT2D eigenvalue weighted by Crippen LogP contribution is 2.66. The van der Waals surface area contributed by atoms with Crippen molar-refractivity contribution < 1.29 is 39.8 Å². The number of methoxy groups -OCH3 is 2. The van der Waals surface area contributed by atoms with Gasteiger partial charge in [-0.25, -0.2) is 4.98 Å². The van der Waals surface area contributed by atoms with E-state index in [-0.39, 0.29) is 52.8 Å². The van der Waals surface area contributed by atoms with Crippen LogP contribution in [0.4, 0.5) is 11.5 Å². The number of hydrogen-bond donors (Lipinski definition) is 6. The lowest BCUT2D eigenvalue weighted by Gasteiger charge is -2.51. The predicted octanol–water partition coefficient (Wildman–Crippen LogP) is 8.61. The van der Waals surface area contributed by atoms with Crippen molar-refractivity contribution in [2.45, 2.75) is 82.1 Å². The lowest BCUT2D eigenvalue weighted by atomic mass is 9.52. The van der Waals surface area contributed by atoms with Gasteiger partial charge in [-0.1, -0.05) is 37.5 Å². The molecule has 1 spiro atoms. The number of anilines is 2. The maximum atomic E-state index is 15.0. The fraction of sp³-hybridized carbons (Fsp3) is 0.378. The number of phenols is 4. The van der Waals surface area contributed by atoms with E-state index in [2.05, 4.69) is 11.4 Å². The number of aromatic nitrogens is 1. The molecule has 288 valence electrons. The number of aliphatic hydroxyl groups is 1. The number of aliphatic hydroxyl groups excluding tert-OH is 1. The molecule has 0 amide bonds. The first-order valence-corrected chi connectivity index (χ1v) is 19.2. The summed E-state index contributed by atoms with van der Waals surface area (Å²) in [4.78, 5) is 19.8. The standard InChI is InChI=1S/C45H50N2O8/c1-54-39-23-28(6-13-35(39)49)7-14-36(50)42(37(51)15-8-29-22-38(52)43(53)40(24-29)55-2)45(20-5-19-44(45)17-3-4-18-44)32-16-21-46-41(27-32)47-33-11-9-31-26-34(48)12-10-30(31)25-33/h6,9-13,16,21-27,36,42,48-50,52-53H,3-5,7-8,14-15,17-20H2,1-2H3,(H,46,47). The number of Topliss-reactive ketones (excluding diaryl/α,β-unsaturated/α-hetero) is 1. The molecular formula is C45H50N2O8. The molecule has 1 heterocycles. The number of nitrogens with zero attached hydrogens (tertiary/aromatic N) is 1. The van der Waals surface area contributed by atoms with Crippen LogP contribution in [0, 0.1) is 11.3 Å². The number of phenolic OH excluding ortho intramolecular Hbond substituents is 4. The molecule has 0 aliphatic heterocycles. The number of carbonyl (C=O) groups is 1. The number of aryl methyl sites for hydroxylation is 2. The topological polar surface area (TPSA) is 162 Å². The molecule has 2 aliphatic rings. The summed E-state index contributed by atoms with van der Waals surface area (Å²) in [5.74, 6) is -0.111. The number of aromatic hydroxyl groups is 4. The van der Waals surface area contributed by atoms with Gasteiger partial charge in [0.15, 0.2) is 23.0 Å². The van der Waals surface area contributed by atoms with Crippen molar-refractivity contribution >= 4 is 28.1 Å². The second kappa shape index (κ2) is 15.7. The van der Waals surface area contributed by atoms with Crippen LogP contribution in [0.5, 0.6) is 34.5 Å². The molecule has 2 fully saturated rings. The third kappa shape index (κ3) is 7.35. The van der Waals surface area contributed by atoms with Gasteiger partial charge in [-0.05, 0) is 138 Å². The van der Waals surface area contributed by atoms with Gasteiger partial charge < -0.3 is 40.3 Å². The second-order valence-electron chi connectivity index (χ2n) is 15.3. The van der Waals surface area contributed by atoms with Gasteiger partial charge in [0.1, 0.15) is 17.4 Å². The number of ketones is 1. The Labute approximate surface area is 321 Å². The van der Waals surface area contributed by atoms with Gasteiger partial charge in [-0.2, -0.15) is 0 Å². The van der Waals surface area contributed by atoms with Gasteiger partial charge in [0, 0.05) is 23.7 Å². The summed E-state index contributed by atoms with van der Waals surface area (Å²) in [6, 6.07) is 23.5. The van der Waals surface area contributed by atoms with Crippen LogP contribution in [-0.2, 0) is 23.1 Å². The molecular weight excluding hydrogens is 697 g/mol. The summed E-state index contributed by atoms with van der Waals surface area (Å²) in [6.45, 7) is 0. The highest BCUT2D eigenvalue weighted by molar-refractivity contribution is 5.87. The third-order valence-corrected chi connectivity index (χ3v) is 12.3. The van der Waals surface area contributed by atoms with E-state index in [1.807, 2.05) is 36.4 Å². The molecule has 3 atom stereocenters. The first-order chi connectivity index (χ1) is 26.6. The molecule has 2 saturated carbocycles. The van der Waals surface area contributed by atoms with Crippen LogP contribution >= 0.6 is 0 Å². The van der Waals surface area contributed by atoms with Crippen LogP contribution < -0.4 is 14.8 Å². The smallest absolute Gasteiger partial charge is 0.200 e. The summed E-state index contributed by atoms with van der Waals surface area (Å²) >= 11 is 0. The van der Waals surface area contributed by atoms with Crippen molar-refractivity contribution in [2.24, 2.45) is 11.3 Å². The Kier molecular flexibility index (Phi) is 10.8. The SMILES string of the molecule is COc1cc(CCC(O)C(C(=O)CCc2cc(O)c(O)c(OC)c2)C2(c3ccnc(Nc4ccc5cc(O)ccc5c4)c3)CCCC23CCCC3)ccc1O. The van der Waals surface area contributed by atoms with E-state index >= 15 is 4.79 Å². The molecule has 5 aromatic rings. The number of pyridine rings is 1. The highest BCUT2D eigenvalue weighted by atomic mass is 16.5. The van der Waals surface area contributed by atoms with Crippen molar-refractivity contribution in [3.63, 3.8) is 0 Å². The van der Waals surface area contributed by atoms with E-state index in [1.165, 1.54) is 20.3 Å². The van der Waals surface area contributed by atoms with Crippen molar-refractivity contribution in [2.75, 3.05) is 19.5 Å². The number of ether oxygens (including phenoxy) is 2. The number of fused-ring (bicyclic) bond motifs is 1. The average Bonchev–Trinajstić information content (AvgIpc) is 3.82. The number of hydrogen-bond acceptors (Lipinski definition) is 10. The summed E-state index contributed by atoms with van der Waals surface area (Å²) < 4.78 is 10.6. The number of rotatable bonds is 14. The lowest BCUT2D eigenvalue weighted by molar-refractivity contribution is -0.133. The second-order valence-corrected chi connectivity index (χ2v) is 15.3. The van der Waals surface area contributed by atoms with Crippen molar-refractivity contribution in [1.29, 1.82) is 0 Å². The fourth-order valence-electron chi connectivity index (χ4n) is 9.84. The monoisotopic (exact) mass is 746 g/mol. The Balaban J connectivity index is 1.28. The van der Waals surface area contributed by atoms with Crippen LogP contribution in [-0.4, -0.2) is 56.6 Å². The molecule has 1 aromatic heterocycles. The van der Waals surface area contributed by atoms with Gasteiger partial charge in [0.2, 0.25) is 5.75 Å². The van der Waals surface area contributed by atoms with E-state index in [0.29, 0.717) is 30.0 Å². The Morgan fingerprint density at radius 1 is 0.764 bits per heavy atom. The zero-order valence-electron chi connectivity index (χ0n) is 31.4. The maximum absolute atomic E-state index is 15.0. The van der Waals surface area contributed by atoms with E-state index in [0.717, 1.165) is 72.5 Å². The van der Waals surface area contributed by atoms with E-state index in [9.17, 15) is 25.5 Å². The molecule has 0 bridgehead atoms. The third-order valence-electron chi connectivity index (χ3n) is 12.3. The molecule has 0 radical (unpaired) electrons. The van der Waals surface area contributed by atoms with Crippen LogP contribution in [0.2, 0.25) is 0 Å². The van der Waals surface area contributed by atoms with Gasteiger partial charge in [-0.15, -0.1) is 0 Å². The van der Waals surface area contributed by atoms with Crippen LogP contribution in [0.1, 0.15) is 74.5 Å². The Bertz CT molecular complexity index is 2180. The molecule has 55 heavy (non-hydrogen) atoms. The first kappa shape index (κ1) is 37.8. The number of carbonyl (C=O) groups excluding carboxylic acids is 1.